The van der Waals surface area contributed by atoms with Gasteiger partial charge in [-0.15, -0.1) is 11.3 Å². The Kier molecular flexibility index (Phi) is 5.42. The first-order chi connectivity index (χ1) is 14.7. The van der Waals surface area contributed by atoms with Gasteiger partial charge in [-0.3, -0.25) is 0 Å². The summed E-state index contributed by atoms with van der Waals surface area (Å²) in [5, 5.41) is 1.01. The van der Waals surface area contributed by atoms with Crippen LogP contribution in [0, 0.1) is 0 Å². The van der Waals surface area contributed by atoms with E-state index in [1.165, 1.54) is 0 Å². The van der Waals surface area contributed by atoms with Crippen molar-refractivity contribution in [1.82, 2.24) is 4.98 Å². The van der Waals surface area contributed by atoms with Crippen LogP contribution in [-0.2, 0) is 0 Å². The van der Waals surface area contributed by atoms with E-state index < -0.39 is 0 Å². The van der Waals surface area contributed by atoms with Crippen molar-refractivity contribution in [2.45, 2.75) is 0 Å². The fourth-order valence-electron chi connectivity index (χ4n) is 3.42. The first kappa shape index (κ1) is 19.5. The summed E-state index contributed by atoms with van der Waals surface area (Å²) in [5.41, 5.74) is 5.47. The molecular weight excluding hydrogens is 520 g/mol. The number of hydrogen-bond acceptors (Lipinski definition) is 3. The van der Waals surface area contributed by atoms with Crippen LogP contribution in [0.4, 0.5) is 17.1 Å². The van der Waals surface area contributed by atoms with Crippen LogP contribution in [0.2, 0.25) is 0 Å². The lowest BCUT2D eigenvalue weighted by atomic mass is 10.1. The van der Waals surface area contributed by atoms with Crippen LogP contribution in [0.1, 0.15) is 0 Å². The minimum Gasteiger partial charge on any atom is -0.311 e. The van der Waals surface area contributed by atoms with Gasteiger partial charge in [0.25, 0.3) is 0 Å². The van der Waals surface area contributed by atoms with Crippen LogP contribution in [0.15, 0.2) is 106 Å². The maximum Gasteiger partial charge on any atom is 0.124 e. The molecule has 146 valence electrons. The van der Waals surface area contributed by atoms with Gasteiger partial charge in [0.2, 0.25) is 0 Å². The molecular formula is C25H16Br2N2S. The zero-order valence-electron chi connectivity index (χ0n) is 15.8. The number of hydrogen-bond donors (Lipinski definition) is 0. The predicted molar refractivity (Wildman–Crippen MR) is 135 cm³/mol. The summed E-state index contributed by atoms with van der Waals surface area (Å²) in [6, 6.07) is 33.5. The molecule has 30 heavy (non-hydrogen) atoms. The molecule has 0 aliphatic rings. The zero-order chi connectivity index (χ0) is 20.5. The number of rotatable bonds is 4. The molecule has 0 spiro atoms. The van der Waals surface area contributed by atoms with E-state index in [1.807, 2.05) is 18.2 Å². The lowest BCUT2D eigenvalue weighted by molar-refractivity contribution is 1.28. The highest BCUT2D eigenvalue weighted by molar-refractivity contribution is 9.11. The average Bonchev–Trinajstić information content (AvgIpc) is 3.26. The Labute approximate surface area is 196 Å². The smallest absolute Gasteiger partial charge is 0.124 e. The minimum atomic E-state index is 0.989. The Bertz CT molecular complexity index is 1220. The largest absolute Gasteiger partial charge is 0.311 e. The maximum absolute atomic E-state index is 4.86. The fraction of sp³-hybridized carbons (Fsp3) is 0. The standard InChI is InChI=1S/C25H16Br2N2S/c26-21-15-16-22(27)24-23(21)28-25(30-24)17-11-13-20(14-12-17)29(18-7-3-1-4-8-18)19-9-5-2-6-10-19/h1-16H. The van der Waals surface area contributed by atoms with Crippen molar-refractivity contribution in [1.29, 1.82) is 0 Å². The topological polar surface area (TPSA) is 16.1 Å². The number of fused-ring (bicyclic) bond motifs is 1. The average molecular weight is 536 g/mol. The van der Waals surface area contributed by atoms with E-state index >= 15 is 0 Å². The highest BCUT2D eigenvalue weighted by atomic mass is 79.9. The first-order valence-electron chi connectivity index (χ1n) is 9.46. The molecule has 0 N–H and O–H groups in total. The van der Waals surface area contributed by atoms with Crippen molar-refractivity contribution in [3.8, 4) is 10.6 Å². The molecule has 0 radical (unpaired) electrons. The van der Waals surface area contributed by atoms with E-state index in [0.717, 1.165) is 46.8 Å². The molecule has 1 aromatic heterocycles. The molecule has 4 aromatic carbocycles. The van der Waals surface area contributed by atoms with E-state index in [9.17, 15) is 0 Å². The van der Waals surface area contributed by atoms with Crippen LogP contribution in [0.5, 0.6) is 0 Å². The SMILES string of the molecule is Brc1ccc(Br)c2sc(-c3ccc(N(c4ccccc4)c4ccccc4)cc3)nc12. The second-order valence-electron chi connectivity index (χ2n) is 6.78. The number of nitrogens with zero attached hydrogens (tertiary/aromatic N) is 2. The van der Waals surface area contributed by atoms with E-state index in [4.69, 9.17) is 4.98 Å². The molecule has 0 amide bonds. The third kappa shape index (κ3) is 3.69. The molecule has 0 aliphatic heterocycles. The first-order valence-corrected chi connectivity index (χ1v) is 11.9. The van der Waals surface area contributed by atoms with Gasteiger partial charge in [0, 0.05) is 31.6 Å². The molecule has 0 fully saturated rings. The van der Waals surface area contributed by atoms with Crippen LogP contribution in [-0.4, -0.2) is 4.98 Å². The lowest BCUT2D eigenvalue weighted by Gasteiger charge is -2.25. The number of benzene rings is 4. The van der Waals surface area contributed by atoms with E-state index in [2.05, 4.69) is 116 Å². The van der Waals surface area contributed by atoms with Gasteiger partial charge in [-0.1, -0.05) is 36.4 Å². The summed E-state index contributed by atoms with van der Waals surface area (Å²) >= 11 is 8.95. The Hall–Kier alpha value is -2.47. The molecule has 1 heterocycles. The number of thiazole rings is 1. The van der Waals surface area contributed by atoms with Gasteiger partial charge in [0.05, 0.1) is 10.2 Å². The normalized spacial score (nSPS) is 11.0. The van der Waals surface area contributed by atoms with Gasteiger partial charge in [-0.2, -0.15) is 0 Å². The van der Waals surface area contributed by atoms with E-state index in [0.29, 0.717) is 0 Å². The Morgan fingerprint density at radius 1 is 0.600 bits per heavy atom. The Morgan fingerprint density at radius 2 is 1.13 bits per heavy atom. The monoisotopic (exact) mass is 534 g/mol. The van der Waals surface area contributed by atoms with Gasteiger partial charge in [-0.05, 0) is 92.5 Å². The highest BCUT2D eigenvalue weighted by Gasteiger charge is 2.14. The third-order valence-corrected chi connectivity index (χ3v) is 7.55. The second kappa shape index (κ2) is 8.34. The van der Waals surface area contributed by atoms with Gasteiger partial charge < -0.3 is 4.90 Å². The number of anilines is 3. The number of para-hydroxylation sites is 2. The highest BCUT2D eigenvalue weighted by Crippen LogP contribution is 2.39. The molecule has 2 nitrogen and oxygen atoms in total. The van der Waals surface area contributed by atoms with Gasteiger partial charge >= 0.3 is 0 Å². The van der Waals surface area contributed by atoms with Crippen LogP contribution < -0.4 is 4.90 Å². The zero-order valence-corrected chi connectivity index (χ0v) is 19.8. The molecule has 0 bridgehead atoms. The van der Waals surface area contributed by atoms with Gasteiger partial charge in [0.1, 0.15) is 5.01 Å². The summed E-state index contributed by atoms with van der Waals surface area (Å²) in [6.45, 7) is 0. The molecule has 0 saturated carbocycles. The summed E-state index contributed by atoms with van der Waals surface area (Å²) in [6.07, 6.45) is 0. The Balaban J connectivity index is 1.56. The summed E-state index contributed by atoms with van der Waals surface area (Å²) in [5.74, 6) is 0. The molecule has 0 saturated heterocycles. The quantitative estimate of drug-likeness (QED) is 0.228. The number of halogens is 2. The van der Waals surface area contributed by atoms with Crippen LogP contribution >= 0.6 is 43.2 Å². The minimum absolute atomic E-state index is 0.989. The van der Waals surface area contributed by atoms with E-state index in [1.54, 1.807) is 11.3 Å². The predicted octanol–water partition coefficient (Wildman–Crippen LogP) is 8.96. The Morgan fingerprint density at radius 3 is 1.70 bits per heavy atom. The molecule has 5 heteroatoms. The van der Waals surface area contributed by atoms with Gasteiger partial charge in [0.15, 0.2) is 0 Å². The van der Waals surface area contributed by atoms with Crippen molar-refractivity contribution in [2.24, 2.45) is 0 Å². The van der Waals surface area contributed by atoms with Crippen molar-refractivity contribution in [2.75, 3.05) is 4.90 Å². The second-order valence-corrected chi connectivity index (χ2v) is 9.49. The molecule has 0 unspecified atom stereocenters. The molecule has 5 rings (SSSR count). The maximum atomic E-state index is 4.86. The van der Waals surface area contributed by atoms with Crippen LogP contribution in [0.3, 0.4) is 0 Å². The summed E-state index contributed by atoms with van der Waals surface area (Å²) in [4.78, 5) is 7.12. The summed E-state index contributed by atoms with van der Waals surface area (Å²) < 4.78 is 3.23. The molecule has 5 aromatic rings. The number of aromatic nitrogens is 1. The van der Waals surface area contributed by atoms with Crippen molar-refractivity contribution >= 4 is 70.5 Å². The van der Waals surface area contributed by atoms with Crippen molar-refractivity contribution in [3.63, 3.8) is 0 Å². The lowest BCUT2D eigenvalue weighted by Crippen LogP contribution is -2.09. The molecule has 0 atom stereocenters. The van der Waals surface area contributed by atoms with Gasteiger partial charge in [-0.25, -0.2) is 4.98 Å². The fourth-order valence-corrected chi connectivity index (χ4v) is 5.54. The summed E-state index contributed by atoms with van der Waals surface area (Å²) in [7, 11) is 0. The molecule has 0 aliphatic carbocycles. The van der Waals surface area contributed by atoms with Crippen molar-refractivity contribution < 1.29 is 0 Å². The van der Waals surface area contributed by atoms with Crippen LogP contribution in [0.25, 0.3) is 20.8 Å². The third-order valence-electron chi connectivity index (χ3n) is 4.85. The van der Waals surface area contributed by atoms with E-state index in [-0.39, 0.29) is 0 Å². The van der Waals surface area contributed by atoms with Crippen molar-refractivity contribution in [3.05, 3.63) is 106 Å².